The van der Waals surface area contributed by atoms with Crippen LogP contribution in [0.5, 0.6) is 5.75 Å². The van der Waals surface area contributed by atoms with E-state index in [0.29, 0.717) is 10.9 Å². The fourth-order valence-corrected chi connectivity index (χ4v) is 3.05. The first-order valence-electron chi connectivity index (χ1n) is 9.26. The van der Waals surface area contributed by atoms with Crippen LogP contribution in [0.15, 0.2) is 42.5 Å². The zero-order valence-electron chi connectivity index (χ0n) is 17.3. The third-order valence-electron chi connectivity index (χ3n) is 4.35. The average molecular weight is 482 g/mol. The van der Waals surface area contributed by atoms with Crippen molar-refractivity contribution in [3.63, 3.8) is 0 Å². The maximum absolute atomic E-state index is 14.5. The number of ether oxygens (including phenoxy) is 1. The fraction of sp³-hybridized carbons (Fsp3) is 0.190. The van der Waals surface area contributed by atoms with Gasteiger partial charge < -0.3 is 20.3 Å². The summed E-state index contributed by atoms with van der Waals surface area (Å²) in [5.74, 6) is -2.14. The first-order chi connectivity index (χ1) is 15.2. The number of methoxy groups -OCH3 is 1. The molecule has 0 aliphatic heterocycles. The molecule has 3 aromatic rings. The average Bonchev–Trinajstić information content (AvgIpc) is 2.77. The van der Waals surface area contributed by atoms with Gasteiger partial charge in [-0.1, -0.05) is 23.2 Å². The molecular formula is C21H19Cl2F2N5O2. The van der Waals surface area contributed by atoms with E-state index in [2.05, 4.69) is 20.6 Å². The minimum Gasteiger partial charge on any atom is -0.494 e. The van der Waals surface area contributed by atoms with E-state index in [-0.39, 0.29) is 39.5 Å². The lowest BCUT2D eigenvalue weighted by Crippen LogP contribution is -2.16. The number of hydrogen-bond donors (Lipinski definition) is 2. The van der Waals surface area contributed by atoms with E-state index in [4.69, 9.17) is 27.9 Å². The SMILES string of the molecule is COc1cc2ncnc(Nc3ccc(Cl)c(Cl)c3F)c2cc1NC(=O)C(F)=CCN(C)C. The van der Waals surface area contributed by atoms with Gasteiger partial charge in [0.15, 0.2) is 11.6 Å². The van der Waals surface area contributed by atoms with Crippen molar-refractivity contribution < 1.29 is 18.3 Å². The largest absolute Gasteiger partial charge is 0.494 e. The smallest absolute Gasteiger partial charge is 0.284 e. The molecule has 0 saturated heterocycles. The number of carbonyl (C=O) groups excluding carboxylic acids is 1. The van der Waals surface area contributed by atoms with E-state index < -0.39 is 17.6 Å². The van der Waals surface area contributed by atoms with Gasteiger partial charge >= 0.3 is 0 Å². The summed E-state index contributed by atoms with van der Waals surface area (Å²) in [5, 5.41) is 5.58. The summed E-state index contributed by atoms with van der Waals surface area (Å²) >= 11 is 11.7. The number of fused-ring (bicyclic) bond motifs is 1. The fourth-order valence-electron chi connectivity index (χ4n) is 2.74. The number of amides is 1. The third kappa shape index (κ3) is 5.24. The molecular weight excluding hydrogens is 463 g/mol. The number of benzene rings is 2. The van der Waals surface area contributed by atoms with Crippen LogP contribution in [0.4, 0.5) is 26.0 Å². The van der Waals surface area contributed by atoms with Crippen LogP contribution in [0.1, 0.15) is 0 Å². The quantitative estimate of drug-likeness (QED) is 0.357. The Kier molecular flexibility index (Phi) is 7.44. The summed E-state index contributed by atoms with van der Waals surface area (Å²) in [7, 11) is 4.90. The van der Waals surface area contributed by atoms with Crippen LogP contribution >= 0.6 is 23.2 Å². The molecule has 2 N–H and O–H groups in total. The summed E-state index contributed by atoms with van der Waals surface area (Å²) in [5.41, 5.74) is 0.672. The predicted octanol–water partition coefficient (Wildman–Crippen LogP) is 5.18. The molecule has 32 heavy (non-hydrogen) atoms. The van der Waals surface area contributed by atoms with Crippen molar-refractivity contribution in [2.45, 2.75) is 0 Å². The molecule has 0 bridgehead atoms. The second-order valence-electron chi connectivity index (χ2n) is 6.91. The van der Waals surface area contributed by atoms with Gasteiger partial charge in [-0.3, -0.25) is 4.79 Å². The molecule has 2 aromatic carbocycles. The van der Waals surface area contributed by atoms with E-state index in [1.165, 1.54) is 31.6 Å². The third-order valence-corrected chi connectivity index (χ3v) is 5.13. The van der Waals surface area contributed by atoms with Gasteiger partial charge in [0, 0.05) is 18.0 Å². The Labute approximate surface area is 193 Å². The molecule has 0 saturated carbocycles. The molecule has 11 heteroatoms. The Bertz CT molecular complexity index is 1200. The minimum atomic E-state index is -0.943. The van der Waals surface area contributed by atoms with Gasteiger partial charge in [-0.15, -0.1) is 0 Å². The lowest BCUT2D eigenvalue weighted by molar-refractivity contribution is -0.114. The highest BCUT2D eigenvalue weighted by atomic mass is 35.5. The molecule has 7 nitrogen and oxygen atoms in total. The highest BCUT2D eigenvalue weighted by Gasteiger charge is 2.17. The molecule has 0 radical (unpaired) electrons. The maximum atomic E-state index is 14.5. The van der Waals surface area contributed by atoms with Crippen molar-refractivity contribution >= 4 is 57.2 Å². The van der Waals surface area contributed by atoms with Crippen LogP contribution in [-0.4, -0.2) is 48.5 Å². The van der Waals surface area contributed by atoms with E-state index >= 15 is 0 Å². The second kappa shape index (κ2) is 10.1. The zero-order valence-corrected chi connectivity index (χ0v) is 18.9. The van der Waals surface area contributed by atoms with Crippen molar-refractivity contribution in [2.75, 3.05) is 38.4 Å². The van der Waals surface area contributed by atoms with Crippen molar-refractivity contribution in [3.05, 3.63) is 58.4 Å². The normalized spacial score (nSPS) is 11.7. The highest BCUT2D eigenvalue weighted by Crippen LogP contribution is 2.35. The lowest BCUT2D eigenvalue weighted by Gasteiger charge is -2.14. The van der Waals surface area contributed by atoms with Crippen LogP contribution in [0, 0.1) is 5.82 Å². The summed E-state index contributed by atoms with van der Waals surface area (Å²) < 4.78 is 33.9. The topological polar surface area (TPSA) is 79.4 Å². The van der Waals surface area contributed by atoms with Crippen LogP contribution in [0.3, 0.4) is 0 Å². The van der Waals surface area contributed by atoms with Gasteiger partial charge in [-0.05, 0) is 38.4 Å². The van der Waals surface area contributed by atoms with Crippen molar-refractivity contribution in [1.82, 2.24) is 14.9 Å². The van der Waals surface area contributed by atoms with Crippen molar-refractivity contribution in [3.8, 4) is 5.75 Å². The summed E-state index contributed by atoms with van der Waals surface area (Å²) in [6.45, 7) is 0.255. The molecule has 1 amide bonds. The minimum absolute atomic E-state index is 0.0402. The molecule has 168 valence electrons. The second-order valence-corrected chi connectivity index (χ2v) is 7.69. The Morgan fingerprint density at radius 1 is 1.22 bits per heavy atom. The lowest BCUT2D eigenvalue weighted by atomic mass is 10.1. The van der Waals surface area contributed by atoms with Gasteiger partial charge in [0.25, 0.3) is 5.91 Å². The van der Waals surface area contributed by atoms with Gasteiger partial charge in [-0.25, -0.2) is 18.7 Å². The van der Waals surface area contributed by atoms with Crippen molar-refractivity contribution in [1.29, 1.82) is 0 Å². The number of likely N-dealkylation sites (N-methyl/N-ethyl adjacent to an activating group) is 1. The number of halogens is 4. The maximum Gasteiger partial charge on any atom is 0.284 e. The first kappa shape index (κ1) is 23.6. The van der Waals surface area contributed by atoms with Crippen molar-refractivity contribution in [2.24, 2.45) is 0 Å². The van der Waals surface area contributed by atoms with E-state index in [0.717, 1.165) is 6.08 Å². The molecule has 0 fully saturated rings. The van der Waals surface area contributed by atoms with Crippen LogP contribution < -0.4 is 15.4 Å². The van der Waals surface area contributed by atoms with Gasteiger partial charge in [-0.2, -0.15) is 0 Å². The highest BCUT2D eigenvalue weighted by molar-refractivity contribution is 6.42. The number of nitrogens with zero attached hydrogens (tertiary/aromatic N) is 3. The molecule has 0 spiro atoms. The molecule has 0 unspecified atom stereocenters. The first-order valence-corrected chi connectivity index (χ1v) is 10.0. The molecule has 0 aliphatic carbocycles. The molecule has 0 atom stereocenters. The summed E-state index contributed by atoms with van der Waals surface area (Å²) in [6.07, 6.45) is 2.44. The Morgan fingerprint density at radius 3 is 2.66 bits per heavy atom. The van der Waals surface area contributed by atoms with Crippen LogP contribution in [0.2, 0.25) is 10.0 Å². The van der Waals surface area contributed by atoms with Crippen LogP contribution in [0.25, 0.3) is 10.9 Å². The monoisotopic (exact) mass is 481 g/mol. The number of carbonyl (C=O) groups is 1. The van der Waals surface area contributed by atoms with E-state index in [1.54, 1.807) is 25.1 Å². The zero-order chi connectivity index (χ0) is 23.4. The van der Waals surface area contributed by atoms with Gasteiger partial charge in [0.2, 0.25) is 0 Å². The molecule has 0 aliphatic rings. The Hall–Kier alpha value is -3.01. The Morgan fingerprint density at radius 2 is 1.97 bits per heavy atom. The Balaban J connectivity index is 2.00. The van der Waals surface area contributed by atoms with Crippen LogP contribution in [-0.2, 0) is 4.79 Å². The molecule has 1 aromatic heterocycles. The van der Waals surface area contributed by atoms with E-state index in [9.17, 15) is 13.6 Å². The number of hydrogen-bond acceptors (Lipinski definition) is 6. The number of aromatic nitrogens is 2. The summed E-state index contributed by atoms with van der Waals surface area (Å²) in [6, 6.07) is 5.90. The standard InChI is InChI=1S/C21H19Cl2F2N5O2/c1-30(2)7-6-13(24)21(31)29-16-8-11-15(9-17(16)32-3)26-10-27-20(11)28-14-5-4-12(22)18(23)19(14)25/h4-6,8-10H,7H2,1-3H3,(H,29,31)(H,26,27,28). The number of rotatable bonds is 7. The molecule has 1 heterocycles. The summed E-state index contributed by atoms with van der Waals surface area (Å²) in [4.78, 5) is 22.3. The number of nitrogens with one attached hydrogen (secondary N) is 2. The van der Waals surface area contributed by atoms with E-state index in [1.807, 2.05) is 0 Å². The predicted molar refractivity (Wildman–Crippen MR) is 122 cm³/mol. The van der Waals surface area contributed by atoms with Gasteiger partial charge in [0.1, 0.15) is 17.9 Å². The number of anilines is 3. The molecule has 3 rings (SSSR count). The van der Waals surface area contributed by atoms with Gasteiger partial charge in [0.05, 0.1) is 34.0 Å².